The van der Waals surface area contributed by atoms with Crippen LogP contribution >= 0.6 is 11.6 Å². The van der Waals surface area contributed by atoms with Crippen molar-refractivity contribution in [1.82, 2.24) is 15.1 Å². The molecule has 2 aromatic carbocycles. The third kappa shape index (κ3) is 6.64. The van der Waals surface area contributed by atoms with Gasteiger partial charge < -0.3 is 20.7 Å². The van der Waals surface area contributed by atoms with E-state index in [9.17, 15) is 19.2 Å². The van der Waals surface area contributed by atoms with Crippen molar-refractivity contribution >= 4 is 41.1 Å². The second-order valence-corrected chi connectivity index (χ2v) is 12.1. The summed E-state index contributed by atoms with van der Waals surface area (Å²) < 4.78 is 6.34. The van der Waals surface area contributed by atoms with Gasteiger partial charge in [0.2, 0.25) is 11.8 Å². The average molecular weight is 604 g/mol. The number of amides is 4. The van der Waals surface area contributed by atoms with Crippen LogP contribution in [0.5, 0.6) is 5.75 Å². The van der Waals surface area contributed by atoms with E-state index in [0.29, 0.717) is 41.7 Å². The molecule has 2 aromatic rings. The minimum Gasteiger partial charge on any atom is -0.487 e. The van der Waals surface area contributed by atoms with Gasteiger partial charge in [0, 0.05) is 23.7 Å². The monoisotopic (exact) mass is 603 g/mol. The van der Waals surface area contributed by atoms with Crippen LogP contribution in [0.25, 0.3) is 0 Å². The number of ether oxygens (including phenoxy) is 1. The zero-order chi connectivity index (χ0) is 30.9. The molecule has 0 saturated carbocycles. The van der Waals surface area contributed by atoms with Gasteiger partial charge in [-0.05, 0) is 62.6 Å². The number of nitrogens with one attached hydrogen (secondary N) is 1. The number of primary amides is 1. The van der Waals surface area contributed by atoms with Crippen molar-refractivity contribution in [3.05, 3.63) is 88.0 Å². The molecule has 1 fully saturated rings. The summed E-state index contributed by atoms with van der Waals surface area (Å²) in [5.41, 5.74) is 7.20. The molecule has 2 atom stereocenters. The van der Waals surface area contributed by atoms with E-state index in [2.05, 4.69) is 5.32 Å². The standard InChI is InChI=1S/C32H34ClN5O5/c1-32(2,3)43-25-16-21(24(39)17-26(34)40)10-13-23(25)30-36-28(19-8-11-22(33)12-9-19)29(20-6-4-5-7-20)38(30)31(42)37-15-14-35-27(41)18-37/h4-6,8-13,16,28-29H,7,14-15,17-18H2,1-3H3,(H2,34,40)(H,35,41)/t28-,29+/m0/s1. The second kappa shape index (κ2) is 12.0. The highest BCUT2D eigenvalue weighted by atomic mass is 35.5. The zero-order valence-electron chi connectivity index (χ0n) is 24.3. The number of piperazine rings is 1. The predicted octanol–water partition coefficient (Wildman–Crippen LogP) is 4.19. The fraction of sp³-hybridized carbons (Fsp3) is 0.344. The van der Waals surface area contributed by atoms with E-state index >= 15 is 0 Å². The van der Waals surface area contributed by atoms with Crippen LogP contribution < -0.4 is 15.8 Å². The molecule has 0 unspecified atom stereocenters. The third-order valence-corrected chi connectivity index (χ3v) is 7.52. The van der Waals surface area contributed by atoms with E-state index in [1.165, 1.54) is 4.90 Å². The van der Waals surface area contributed by atoms with Gasteiger partial charge in [0.05, 0.1) is 18.0 Å². The number of benzene rings is 2. The highest BCUT2D eigenvalue weighted by molar-refractivity contribution is 6.30. The van der Waals surface area contributed by atoms with Crippen molar-refractivity contribution < 1.29 is 23.9 Å². The lowest BCUT2D eigenvalue weighted by atomic mass is 9.93. The number of ketones is 1. The Labute approximate surface area is 255 Å². The van der Waals surface area contributed by atoms with E-state index in [0.717, 1.165) is 11.1 Å². The van der Waals surface area contributed by atoms with Gasteiger partial charge in [0.25, 0.3) is 0 Å². The van der Waals surface area contributed by atoms with Gasteiger partial charge >= 0.3 is 6.03 Å². The summed E-state index contributed by atoms with van der Waals surface area (Å²) in [7, 11) is 0. The molecule has 2 aliphatic heterocycles. The smallest absolute Gasteiger partial charge is 0.326 e. The molecule has 4 amide bonds. The number of carbonyl (C=O) groups is 4. The van der Waals surface area contributed by atoms with Crippen molar-refractivity contribution in [2.45, 2.75) is 51.3 Å². The van der Waals surface area contributed by atoms with E-state index in [1.807, 2.05) is 51.1 Å². The van der Waals surface area contributed by atoms with Gasteiger partial charge in [0.1, 0.15) is 29.8 Å². The zero-order valence-corrected chi connectivity index (χ0v) is 25.1. The summed E-state index contributed by atoms with van der Waals surface area (Å²) >= 11 is 6.22. The van der Waals surface area contributed by atoms with Gasteiger partial charge in [-0.2, -0.15) is 0 Å². The van der Waals surface area contributed by atoms with Gasteiger partial charge in [-0.25, -0.2) is 4.79 Å². The molecule has 10 nitrogen and oxygen atoms in total. The third-order valence-electron chi connectivity index (χ3n) is 7.27. The highest BCUT2D eigenvalue weighted by Crippen LogP contribution is 2.42. The van der Waals surface area contributed by atoms with Gasteiger partial charge in [-0.1, -0.05) is 48.0 Å². The minimum atomic E-state index is -0.734. The molecule has 11 heteroatoms. The molecule has 1 aliphatic carbocycles. The molecule has 2 heterocycles. The quantitative estimate of drug-likeness (QED) is 0.362. The van der Waals surface area contributed by atoms with Gasteiger partial charge in [-0.3, -0.25) is 24.3 Å². The van der Waals surface area contributed by atoms with Gasteiger partial charge in [-0.15, -0.1) is 0 Å². The Bertz CT molecular complexity index is 1560. The largest absolute Gasteiger partial charge is 0.487 e. The molecule has 0 radical (unpaired) electrons. The number of hydrogen-bond donors (Lipinski definition) is 2. The molecule has 3 aliphatic rings. The van der Waals surface area contributed by atoms with Crippen LogP contribution in [0.15, 0.2) is 71.3 Å². The maximum Gasteiger partial charge on any atom is 0.326 e. The van der Waals surface area contributed by atoms with Crippen LogP contribution in [0.3, 0.4) is 0 Å². The Morgan fingerprint density at radius 2 is 1.88 bits per heavy atom. The normalized spacial score (nSPS) is 20.0. The molecular formula is C32H34ClN5O5. The summed E-state index contributed by atoms with van der Waals surface area (Å²) in [4.78, 5) is 59.3. The number of allylic oxidation sites excluding steroid dienone is 3. The van der Waals surface area contributed by atoms with Crippen LogP contribution in [0, 0.1) is 0 Å². The lowest BCUT2D eigenvalue weighted by Crippen LogP contribution is -2.56. The molecular weight excluding hydrogens is 570 g/mol. The number of nitrogens with zero attached hydrogens (tertiary/aromatic N) is 3. The van der Waals surface area contributed by atoms with E-state index < -0.39 is 35.8 Å². The predicted molar refractivity (Wildman–Crippen MR) is 163 cm³/mol. The SMILES string of the molecule is CC(C)(C)Oc1cc(C(=O)CC(N)=O)ccc1C1=N[C@@H](c2ccc(Cl)cc2)[C@@H](C2=CC=CC2)N1C(=O)N1CCNC(=O)C1. The van der Waals surface area contributed by atoms with Crippen LogP contribution in [0.1, 0.15) is 61.1 Å². The number of halogens is 1. The minimum absolute atomic E-state index is 0.0792. The first kappa shape index (κ1) is 30.0. The molecule has 0 bridgehead atoms. The molecule has 224 valence electrons. The molecule has 3 N–H and O–H groups in total. The Morgan fingerprint density at radius 3 is 2.51 bits per heavy atom. The summed E-state index contributed by atoms with van der Waals surface area (Å²) in [5, 5.41) is 3.35. The molecule has 1 saturated heterocycles. The topological polar surface area (TPSA) is 134 Å². The number of Topliss-reactive ketones (excluding diaryl/α,β-unsaturated/α-hetero) is 1. The summed E-state index contributed by atoms with van der Waals surface area (Å²) in [6, 6.07) is 10.8. The molecule has 5 rings (SSSR count). The van der Waals surface area contributed by atoms with Crippen molar-refractivity contribution in [1.29, 1.82) is 0 Å². The Balaban J connectivity index is 1.68. The van der Waals surface area contributed by atoms with Crippen molar-refractivity contribution in [3.8, 4) is 5.75 Å². The molecule has 0 aromatic heterocycles. The van der Waals surface area contributed by atoms with E-state index in [1.54, 1.807) is 35.2 Å². The summed E-state index contributed by atoms with van der Waals surface area (Å²) in [5.74, 6) is -0.745. The first-order chi connectivity index (χ1) is 20.4. The number of rotatable bonds is 7. The van der Waals surface area contributed by atoms with E-state index in [-0.39, 0.29) is 24.0 Å². The van der Waals surface area contributed by atoms with Crippen LogP contribution in [-0.2, 0) is 9.59 Å². The number of nitrogens with two attached hydrogens (primary N) is 1. The second-order valence-electron chi connectivity index (χ2n) is 11.7. The van der Waals surface area contributed by atoms with Crippen molar-refractivity contribution in [3.63, 3.8) is 0 Å². The molecule has 0 spiro atoms. The number of carbonyl (C=O) groups excluding carboxylic acids is 4. The van der Waals surface area contributed by atoms with Gasteiger partial charge in [0.15, 0.2) is 5.78 Å². The fourth-order valence-electron chi connectivity index (χ4n) is 5.42. The average Bonchev–Trinajstić information content (AvgIpc) is 3.60. The van der Waals surface area contributed by atoms with E-state index in [4.69, 9.17) is 27.1 Å². The maximum absolute atomic E-state index is 14.4. The van der Waals surface area contributed by atoms with Crippen molar-refractivity contribution in [2.75, 3.05) is 19.6 Å². The van der Waals surface area contributed by atoms with Crippen LogP contribution in [0.4, 0.5) is 4.79 Å². The highest BCUT2D eigenvalue weighted by Gasteiger charge is 2.46. The number of amidine groups is 1. The first-order valence-corrected chi connectivity index (χ1v) is 14.5. The summed E-state index contributed by atoms with van der Waals surface area (Å²) in [6.45, 7) is 6.22. The number of aliphatic imine (C=N–C) groups is 1. The molecule has 43 heavy (non-hydrogen) atoms. The maximum atomic E-state index is 14.4. The lowest BCUT2D eigenvalue weighted by molar-refractivity contribution is -0.123. The van der Waals surface area contributed by atoms with Crippen LogP contribution in [0.2, 0.25) is 5.02 Å². The number of hydrogen-bond acceptors (Lipinski definition) is 6. The first-order valence-electron chi connectivity index (χ1n) is 14.1. The summed E-state index contributed by atoms with van der Waals surface area (Å²) in [6.07, 6.45) is 6.16. The van der Waals surface area contributed by atoms with Crippen LogP contribution in [-0.4, -0.2) is 70.5 Å². The fourth-order valence-corrected chi connectivity index (χ4v) is 5.55. The Hall–Kier alpha value is -4.44. The van der Waals surface area contributed by atoms with Crippen molar-refractivity contribution in [2.24, 2.45) is 10.7 Å². The Kier molecular flexibility index (Phi) is 8.41. The Morgan fingerprint density at radius 1 is 1.14 bits per heavy atom. The number of urea groups is 1. The lowest BCUT2D eigenvalue weighted by Gasteiger charge is -2.36.